The summed E-state index contributed by atoms with van der Waals surface area (Å²) in [5.41, 5.74) is 6.54. The fourth-order valence-corrected chi connectivity index (χ4v) is 1.65. The third-order valence-electron chi connectivity index (χ3n) is 2.83. The summed E-state index contributed by atoms with van der Waals surface area (Å²) in [7, 11) is 3.18. The van der Waals surface area contributed by atoms with Gasteiger partial charge in [-0.25, -0.2) is 0 Å². The lowest BCUT2D eigenvalue weighted by Gasteiger charge is -2.07. The molecule has 0 spiro atoms. The molecule has 1 heterocycles. The molecule has 0 aliphatic rings. The second-order valence-corrected chi connectivity index (χ2v) is 4.03. The highest BCUT2D eigenvalue weighted by atomic mass is 16.5. The first kappa shape index (κ1) is 13.4. The summed E-state index contributed by atoms with van der Waals surface area (Å²) in [5.74, 6) is 2.12. The minimum atomic E-state index is -0.252. The molecule has 1 atom stereocenters. The zero-order valence-electron chi connectivity index (χ0n) is 11.2. The molecule has 19 heavy (non-hydrogen) atoms. The molecule has 2 rings (SSSR count). The van der Waals surface area contributed by atoms with E-state index in [0.717, 1.165) is 6.42 Å². The molecule has 0 aliphatic carbocycles. The summed E-state index contributed by atoms with van der Waals surface area (Å²) >= 11 is 0. The Morgan fingerprint density at radius 1 is 1.26 bits per heavy atom. The Bertz CT molecular complexity index is 554. The van der Waals surface area contributed by atoms with Gasteiger partial charge in [-0.2, -0.15) is 0 Å². The average Bonchev–Trinajstić information content (AvgIpc) is 2.95. The Morgan fingerprint density at radius 2 is 2.05 bits per heavy atom. The normalized spacial score (nSPS) is 12.2. The molecule has 0 fully saturated rings. The SMILES string of the molecule is CCC(N)c1nnc(-c2cc(OC)ccc2OC)o1. The number of hydrogen-bond donors (Lipinski definition) is 1. The van der Waals surface area contributed by atoms with Gasteiger partial charge < -0.3 is 19.6 Å². The van der Waals surface area contributed by atoms with Gasteiger partial charge in [0.15, 0.2) is 0 Å². The van der Waals surface area contributed by atoms with E-state index >= 15 is 0 Å². The molecule has 6 nitrogen and oxygen atoms in total. The van der Waals surface area contributed by atoms with Crippen molar-refractivity contribution in [3.05, 3.63) is 24.1 Å². The van der Waals surface area contributed by atoms with Gasteiger partial charge in [0.1, 0.15) is 11.5 Å². The second kappa shape index (κ2) is 5.71. The zero-order chi connectivity index (χ0) is 13.8. The molecule has 0 radical (unpaired) electrons. The summed E-state index contributed by atoms with van der Waals surface area (Å²) in [6.45, 7) is 1.96. The second-order valence-electron chi connectivity index (χ2n) is 4.03. The summed E-state index contributed by atoms with van der Waals surface area (Å²) in [6.07, 6.45) is 0.733. The van der Waals surface area contributed by atoms with Crippen LogP contribution >= 0.6 is 0 Å². The lowest BCUT2D eigenvalue weighted by atomic mass is 10.2. The number of benzene rings is 1. The first-order chi connectivity index (χ1) is 9.19. The maximum absolute atomic E-state index is 5.86. The van der Waals surface area contributed by atoms with Crippen LogP contribution in [0.2, 0.25) is 0 Å². The Hall–Kier alpha value is -2.08. The van der Waals surface area contributed by atoms with Crippen molar-refractivity contribution in [2.45, 2.75) is 19.4 Å². The van der Waals surface area contributed by atoms with Gasteiger partial charge in [-0.3, -0.25) is 0 Å². The molecule has 2 aromatic rings. The van der Waals surface area contributed by atoms with Crippen molar-refractivity contribution in [2.75, 3.05) is 14.2 Å². The van der Waals surface area contributed by atoms with Gasteiger partial charge in [-0.1, -0.05) is 6.92 Å². The van der Waals surface area contributed by atoms with Gasteiger partial charge >= 0.3 is 0 Å². The Morgan fingerprint density at radius 3 is 2.68 bits per heavy atom. The quantitative estimate of drug-likeness (QED) is 0.890. The Labute approximate surface area is 111 Å². The lowest BCUT2D eigenvalue weighted by molar-refractivity contribution is 0.401. The molecular weight excluding hydrogens is 246 g/mol. The molecule has 1 aromatic carbocycles. The van der Waals surface area contributed by atoms with Crippen LogP contribution in [0, 0.1) is 0 Å². The van der Waals surface area contributed by atoms with E-state index in [4.69, 9.17) is 19.6 Å². The van der Waals surface area contributed by atoms with Crippen molar-refractivity contribution in [3.63, 3.8) is 0 Å². The molecule has 0 saturated heterocycles. The molecule has 1 aromatic heterocycles. The molecule has 0 bridgehead atoms. The number of aromatic nitrogens is 2. The molecule has 1 unspecified atom stereocenters. The number of nitrogens with two attached hydrogens (primary N) is 1. The summed E-state index contributed by atoms with van der Waals surface area (Å²) in [5, 5.41) is 7.96. The van der Waals surface area contributed by atoms with E-state index in [9.17, 15) is 0 Å². The molecular formula is C13H17N3O3. The predicted molar refractivity (Wildman–Crippen MR) is 70.1 cm³/mol. The van der Waals surface area contributed by atoms with E-state index < -0.39 is 0 Å². The van der Waals surface area contributed by atoms with Crippen molar-refractivity contribution < 1.29 is 13.9 Å². The third-order valence-corrected chi connectivity index (χ3v) is 2.83. The summed E-state index contributed by atoms with van der Waals surface area (Å²) in [6, 6.07) is 5.13. The maximum Gasteiger partial charge on any atom is 0.251 e. The van der Waals surface area contributed by atoms with Crippen LogP contribution in [0.4, 0.5) is 0 Å². The summed E-state index contributed by atoms with van der Waals surface area (Å²) < 4.78 is 16.0. The van der Waals surface area contributed by atoms with Crippen LogP contribution < -0.4 is 15.2 Å². The molecule has 2 N–H and O–H groups in total. The Balaban J connectivity index is 2.42. The fourth-order valence-electron chi connectivity index (χ4n) is 1.65. The third kappa shape index (κ3) is 2.68. The van der Waals surface area contributed by atoms with Crippen molar-refractivity contribution >= 4 is 0 Å². The van der Waals surface area contributed by atoms with Gasteiger partial charge in [0, 0.05) is 0 Å². The smallest absolute Gasteiger partial charge is 0.251 e. The van der Waals surface area contributed by atoms with E-state index in [2.05, 4.69) is 10.2 Å². The van der Waals surface area contributed by atoms with Crippen LogP contribution in [0.25, 0.3) is 11.5 Å². The number of ether oxygens (including phenoxy) is 2. The van der Waals surface area contributed by atoms with Gasteiger partial charge in [0.2, 0.25) is 5.89 Å². The number of rotatable bonds is 5. The maximum atomic E-state index is 5.86. The van der Waals surface area contributed by atoms with Crippen molar-refractivity contribution in [1.82, 2.24) is 10.2 Å². The van der Waals surface area contributed by atoms with E-state index in [0.29, 0.717) is 28.8 Å². The number of hydrogen-bond acceptors (Lipinski definition) is 6. The minimum absolute atomic E-state index is 0.252. The number of methoxy groups -OCH3 is 2. The largest absolute Gasteiger partial charge is 0.497 e. The molecule has 6 heteroatoms. The van der Waals surface area contributed by atoms with E-state index in [1.165, 1.54) is 0 Å². The molecule has 102 valence electrons. The van der Waals surface area contributed by atoms with Gasteiger partial charge in [-0.05, 0) is 24.6 Å². The van der Waals surface area contributed by atoms with Crippen LogP contribution in [0.3, 0.4) is 0 Å². The fraction of sp³-hybridized carbons (Fsp3) is 0.385. The van der Waals surface area contributed by atoms with Crippen LogP contribution in [0.15, 0.2) is 22.6 Å². The summed E-state index contributed by atoms with van der Waals surface area (Å²) in [4.78, 5) is 0. The lowest BCUT2D eigenvalue weighted by Crippen LogP contribution is -2.08. The van der Waals surface area contributed by atoms with Gasteiger partial charge in [-0.15, -0.1) is 10.2 Å². The standard InChI is InChI=1S/C13H17N3O3/c1-4-10(14)13-16-15-12(19-13)9-7-8(17-2)5-6-11(9)18-3/h5-7,10H,4,14H2,1-3H3. The van der Waals surface area contributed by atoms with E-state index in [1.54, 1.807) is 32.4 Å². The van der Waals surface area contributed by atoms with Crippen LogP contribution in [-0.2, 0) is 0 Å². The van der Waals surface area contributed by atoms with Crippen molar-refractivity contribution in [2.24, 2.45) is 5.73 Å². The molecule has 0 aliphatic heterocycles. The highest BCUT2D eigenvalue weighted by molar-refractivity contribution is 5.64. The van der Waals surface area contributed by atoms with E-state index in [-0.39, 0.29) is 6.04 Å². The highest BCUT2D eigenvalue weighted by Gasteiger charge is 2.17. The van der Waals surface area contributed by atoms with Crippen molar-refractivity contribution in [3.8, 4) is 23.0 Å². The zero-order valence-corrected chi connectivity index (χ0v) is 11.2. The van der Waals surface area contributed by atoms with E-state index in [1.807, 2.05) is 6.92 Å². The molecule has 0 amide bonds. The topological polar surface area (TPSA) is 83.4 Å². The van der Waals surface area contributed by atoms with Crippen LogP contribution in [0.5, 0.6) is 11.5 Å². The van der Waals surface area contributed by atoms with Gasteiger partial charge in [0.25, 0.3) is 5.89 Å². The monoisotopic (exact) mass is 263 g/mol. The van der Waals surface area contributed by atoms with Crippen molar-refractivity contribution in [1.29, 1.82) is 0 Å². The minimum Gasteiger partial charge on any atom is -0.497 e. The number of nitrogens with zero attached hydrogens (tertiary/aromatic N) is 2. The predicted octanol–water partition coefficient (Wildman–Crippen LogP) is 2.16. The average molecular weight is 263 g/mol. The van der Waals surface area contributed by atoms with Crippen LogP contribution in [-0.4, -0.2) is 24.4 Å². The molecule has 0 saturated carbocycles. The highest BCUT2D eigenvalue weighted by Crippen LogP contribution is 2.33. The first-order valence-corrected chi connectivity index (χ1v) is 6.01. The van der Waals surface area contributed by atoms with Crippen LogP contribution in [0.1, 0.15) is 25.3 Å². The van der Waals surface area contributed by atoms with Gasteiger partial charge in [0.05, 0.1) is 25.8 Å². The Kier molecular flexibility index (Phi) is 4.01. The first-order valence-electron chi connectivity index (χ1n) is 6.01.